The molecule has 0 radical (unpaired) electrons. The highest BCUT2D eigenvalue weighted by atomic mass is 35.5. The molecule has 3 aromatic carbocycles. The standard InChI is InChI=1S/C26H23ClN2O2/c1-4-18-7-12-21(13-8-18)29-25(30)23(19-9-5-16(2)6-10-19)24(26(29)31)28-22-14-11-20(27)15-17(22)3/h5-15,28H,4H2,1-3H3. The van der Waals surface area contributed by atoms with E-state index >= 15 is 0 Å². The summed E-state index contributed by atoms with van der Waals surface area (Å²) in [5.41, 5.74) is 5.72. The lowest BCUT2D eigenvalue weighted by molar-refractivity contribution is -0.120. The number of halogens is 1. The van der Waals surface area contributed by atoms with Crippen LogP contribution < -0.4 is 10.2 Å². The number of aryl methyl sites for hydroxylation is 3. The molecule has 1 N–H and O–H groups in total. The van der Waals surface area contributed by atoms with Gasteiger partial charge in [0.05, 0.1) is 11.3 Å². The molecule has 5 heteroatoms. The second kappa shape index (κ2) is 8.40. The second-order valence-electron chi connectivity index (χ2n) is 7.67. The molecule has 31 heavy (non-hydrogen) atoms. The minimum Gasteiger partial charge on any atom is -0.350 e. The number of nitrogens with zero attached hydrogens (tertiary/aromatic N) is 1. The molecule has 0 aliphatic carbocycles. The monoisotopic (exact) mass is 430 g/mol. The van der Waals surface area contributed by atoms with Crippen molar-refractivity contribution in [2.45, 2.75) is 27.2 Å². The van der Waals surface area contributed by atoms with E-state index in [0.29, 0.717) is 21.8 Å². The number of hydrogen-bond acceptors (Lipinski definition) is 3. The van der Waals surface area contributed by atoms with Crippen LogP contribution in [0.4, 0.5) is 11.4 Å². The van der Waals surface area contributed by atoms with Gasteiger partial charge in [0, 0.05) is 10.7 Å². The molecule has 2 amide bonds. The fourth-order valence-corrected chi connectivity index (χ4v) is 3.88. The Morgan fingerprint density at radius 1 is 0.871 bits per heavy atom. The summed E-state index contributed by atoms with van der Waals surface area (Å²) in [6, 6.07) is 20.5. The predicted molar refractivity (Wildman–Crippen MR) is 126 cm³/mol. The van der Waals surface area contributed by atoms with E-state index < -0.39 is 0 Å². The summed E-state index contributed by atoms with van der Waals surface area (Å²) in [4.78, 5) is 28.2. The summed E-state index contributed by atoms with van der Waals surface area (Å²) in [6.45, 7) is 5.95. The van der Waals surface area contributed by atoms with Crippen LogP contribution in [0.15, 0.2) is 72.4 Å². The number of anilines is 2. The maximum absolute atomic E-state index is 13.5. The zero-order chi connectivity index (χ0) is 22.1. The molecule has 0 saturated carbocycles. The van der Waals surface area contributed by atoms with Crippen LogP contribution in [0.25, 0.3) is 5.57 Å². The predicted octanol–water partition coefficient (Wildman–Crippen LogP) is 5.92. The molecule has 0 atom stereocenters. The van der Waals surface area contributed by atoms with Gasteiger partial charge in [-0.3, -0.25) is 9.59 Å². The van der Waals surface area contributed by atoms with Crippen LogP contribution in [0.5, 0.6) is 0 Å². The number of imide groups is 1. The molecule has 1 aliphatic rings. The van der Waals surface area contributed by atoms with E-state index in [-0.39, 0.29) is 17.5 Å². The largest absolute Gasteiger partial charge is 0.350 e. The van der Waals surface area contributed by atoms with Gasteiger partial charge in [-0.05, 0) is 67.3 Å². The van der Waals surface area contributed by atoms with Crippen LogP contribution in [0, 0.1) is 13.8 Å². The summed E-state index contributed by atoms with van der Waals surface area (Å²) in [6.07, 6.45) is 0.887. The number of nitrogens with one attached hydrogen (secondary N) is 1. The third-order valence-electron chi connectivity index (χ3n) is 5.48. The first kappa shape index (κ1) is 20.9. The first-order valence-corrected chi connectivity index (χ1v) is 10.6. The molecule has 4 nitrogen and oxygen atoms in total. The summed E-state index contributed by atoms with van der Waals surface area (Å²) in [7, 11) is 0. The van der Waals surface area contributed by atoms with Gasteiger partial charge < -0.3 is 5.32 Å². The van der Waals surface area contributed by atoms with Gasteiger partial charge in [0.2, 0.25) is 0 Å². The third-order valence-corrected chi connectivity index (χ3v) is 5.71. The van der Waals surface area contributed by atoms with Gasteiger partial charge in [0.15, 0.2) is 0 Å². The van der Waals surface area contributed by atoms with Crippen molar-refractivity contribution in [1.82, 2.24) is 0 Å². The number of rotatable bonds is 5. The van der Waals surface area contributed by atoms with Crippen molar-refractivity contribution >= 4 is 40.4 Å². The molecule has 0 spiro atoms. The third kappa shape index (κ3) is 3.99. The van der Waals surface area contributed by atoms with Crippen LogP contribution in [-0.2, 0) is 16.0 Å². The minimum absolute atomic E-state index is 0.263. The van der Waals surface area contributed by atoms with Crippen LogP contribution in [0.1, 0.15) is 29.2 Å². The van der Waals surface area contributed by atoms with E-state index in [1.807, 2.05) is 74.5 Å². The Morgan fingerprint density at radius 3 is 2.16 bits per heavy atom. The Balaban J connectivity index is 1.81. The minimum atomic E-state index is -0.376. The number of carbonyl (C=O) groups excluding carboxylic acids is 2. The van der Waals surface area contributed by atoms with Crippen LogP contribution in [0.2, 0.25) is 5.02 Å². The zero-order valence-corrected chi connectivity index (χ0v) is 18.5. The first-order chi connectivity index (χ1) is 14.9. The van der Waals surface area contributed by atoms with E-state index in [4.69, 9.17) is 11.6 Å². The molecule has 1 aliphatic heterocycles. The van der Waals surface area contributed by atoms with Crippen LogP contribution in [0.3, 0.4) is 0 Å². The fraction of sp³-hybridized carbons (Fsp3) is 0.154. The SMILES string of the molecule is CCc1ccc(N2C(=O)C(Nc3ccc(Cl)cc3C)=C(c3ccc(C)cc3)C2=O)cc1. The average Bonchev–Trinajstić information content (AvgIpc) is 3.00. The number of carbonyl (C=O) groups is 2. The van der Waals surface area contributed by atoms with Gasteiger partial charge in [-0.2, -0.15) is 0 Å². The molecule has 0 fully saturated rings. The van der Waals surface area contributed by atoms with Gasteiger partial charge in [-0.25, -0.2) is 4.90 Å². The maximum Gasteiger partial charge on any atom is 0.282 e. The molecule has 1 heterocycles. The highest BCUT2D eigenvalue weighted by molar-refractivity contribution is 6.46. The van der Waals surface area contributed by atoms with Crippen molar-refractivity contribution in [3.63, 3.8) is 0 Å². The van der Waals surface area contributed by atoms with E-state index in [9.17, 15) is 9.59 Å². The van der Waals surface area contributed by atoms with E-state index in [0.717, 1.165) is 28.8 Å². The zero-order valence-electron chi connectivity index (χ0n) is 17.7. The van der Waals surface area contributed by atoms with Crippen LogP contribution >= 0.6 is 11.6 Å². The summed E-state index contributed by atoms with van der Waals surface area (Å²) >= 11 is 6.08. The molecule has 3 aromatic rings. The first-order valence-electron chi connectivity index (χ1n) is 10.2. The van der Waals surface area contributed by atoms with E-state index in [1.165, 1.54) is 4.90 Å². The summed E-state index contributed by atoms with van der Waals surface area (Å²) in [5, 5.41) is 3.82. The Hall–Kier alpha value is -3.37. The van der Waals surface area contributed by atoms with Gasteiger partial charge in [-0.1, -0.05) is 60.5 Å². The van der Waals surface area contributed by atoms with Crippen molar-refractivity contribution in [2.75, 3.05) is 10.2 Å². The molecular formula is C26H23ClN2O2. The van der Waals surface area contributed by atoms with Gasteiger partial charge in [-0.15, -0.1) is 0 Å². The van der Waals surface area contributed by atoms with Crippen molar-refractivity contribution in [1.29, 1.82) is 0 Å². The van der Waals surface area contributed by atoms with Gasteiger partial charge in [0.25, 0.3) is 11.8 Å². The maximum atomic E-state index is 13.5. The van der Waals surface area contributed by atoms with Crippen LogP contribution in [-0.4, -0.2) is 11.8 Å². The van der Waals surface area contributed by atoms with Crippen molar-refractivity contribution in [3.8, 4) is 0 Å². The lowest BCUT2D eigenvalue weighted by Crippen LogP contribution is -2.32. The lowest BCUT2D eigenvalue weighted by atomic mass is 10.0. The quantitative estimate of drug-likeness (QED) is 0.511. The van der Waals surface area contributed by atoms with Gasteiger partial charge >= 0.3 is 0 Å². The molecule has 0 saturated heterocycles. The molecular weight excluding hydrogens is 408 g/mol. The van der Waals surface area contributed by atoms with Crippen molar-refractivity contribution in [3.05, 3.63) is 99.7 Å². The molecule has 156 valence electrons. The van der Waals surface area contributed by atoms with Gasteiger partial charge in [0.1, 0.15) is 5.70 Å². The Bertz CT molecular complexity index is 1200. The number of amides is 2. The molecule has 4 rings (SSSR count). The number of hydrogen-bond donors (Lipinski definition) is 1. The second-order valence-corrected chi connectivity index (χ2v) is 8.10. The highest BCUT2D eigenvalue weighted by Crippen LogP contribution is 2.34. The van der Waals surface area contributed by atoms with E-state index in [2.05, 4.69) is 12.2 Å². The van der Waals surface area contributed by atoms with Crippen molar-refractivity contribution < 1.29 is 9.59 Å². The molecule has 0 unspecified atom stereocenters. The molecule has 0 bridgehead atoms. The fourth-order valence-electron chi connectivity index (χ4n) is 3.65. The molecule has 0 aromatic heterocycles. The Morgan fingerprint density at radius 2 is 1.55 bits per heavy atom. The topological polar surface area (TPSA) is 49.4 Å². The van der Waals surface area contributed by atoms with E-state index in [1.54, 1.807) is 6.07 Å². The lowest BCUT2D eigenvalue weighted by Gasteiger charge is -2.16. The normalized spacial score (nSPS) is 13.9. The summed E-state index contributed by atoms with van der Waals surface area (Å²) in [5.74, 6) is -0.716. The summed E-state index contributed by atoms with van der Waals surface area (Å²) < 4.78 is 0. The average molecular weight is 431 g/mol. The highest BCUT2D eigenvalue weighted by Gasteiger charge is 2.40. The number of benzene rings is 3. The Kier molecular flexibility index (Phi) is 5.66. The van der Waals surface area contributed by atoms with Crippen molar-refractivity contribution in [2.24, 2.45) is 0 Å². The smallest absolute Gasteiger partial charge is 0.282 e. The Labute approximate surface area is 187 Å².